The molecule has 0 amide bonds. The SMILES string of the molecule is C[C@@H](O)C(=O)OS(=O)(=O)O. The van der Waals surface area contributed by atoms with Crippen molar-refractivity contribution in [1.29, 1.82) is 0 Å². The fraction of sp³-hybridized carbons (Fsp3) is 0.667. The minimum absolute atomic E-state index is 1.01. The average Bonchev–Trinajstić information content (AvgIpc) is 1.60. The first-order valence-corrected chi connectivity index (χ1v) is 3.58. The van der Waals surface area contributed by atoms with Crippen LogP contribution in [0.2, 0.25) is 0 Å². The van der Waals surface area contributed by atoms with Gasteiger partial charge in [0.1, 0.15) is 6.10 Å². The van der Waals surface area contributed by atoms with Gasteiger partial charge in [0, 0.05) is 0 Å². The van der Waals surface area contributed by atoms with Gasteiger partial charge in [-0.3, -0.25) is 4.55 Å². The van der Waals surface area contributed by atoms with Gasteiger partial charge in [0.25, 0.3) is 0 Å². The van der Waals surface area contributed by atoms with Crippen LogP contribution < -0.4 is 0 Å². The monoisotopic (exact) mass is 170 g/mol. The van der Waals surface area contributed by atoms with Crippen LogP contribution in [-0.4, -0.2) is 30.2 Å². The van der Waals surface area contributed by atoms with Crippen molar-refractivity contribution in [1.82, 2.24) is 0 Å². The van der Waals surface area contributed by atoms with Crippen LogP contribution in [-0.2, 0) is 19.4 Å². The highest BCUT2D eigenvalue weighted by Gasteiger charge is 2.17. The summed E-state index contributed by atoms with van der Waals surface area (Å²) in [5.74, 6) is -1.41. The Bertz CT molecular complexity index is 213. The molecule has 2 N–H and O–H groups in total. The predicted molar refractivity (Wildman–Crippen MR) is 29.3 cm³/mol. The fourth-order valence-corrected chi connectivity index (χ4v) is 0.520. The smallest absolute Gasteiger partial charge is 0.382 e. The molecule has 1 atom stereocenters. The lowest BCUT2D eigenvalue weighted by atomic mass is 10.4. The van der Waals surface area contributed by atoms with E-state index in [1.54, 1.807) is 0 Å². The molecule has 0 aromatic heterocycles. The van der Waals surface area contributed by atoms with Crippen molar-refractivity contribution in [2.45, 2.75) is 13.0 Å². The third-order valence-corrected chi connectivity index (χ3v) is 0.903. The van der Waals surface area contributed by atoms with Crippen molar-refractivity contribution in [3.05, 3.63) is 0 Å². The lowest BCUT2D eigenvalue weighted by Gasteiger charge is -2.00. The van der Waals surface area contributed by atoms with Gasteiger partial charge in [-0.1, -0.05) is 0 Å². The Hall–Kier alpha value is -0.660. The highest BCUT2D eigenvalue weighted by Crippen LogP contribution is 1.91. The molecule has 0 aromatic carbocycles. The molecule has 0 saturated carbocycles. The first kappa shape index (κ1) is 9.34. The molecule has 0 rings (SSSR count). The molecule has 7 heteroatoms. The van der Waals surface area contributed by atoms with Crippen molar-refractivity contribution < 1.29 is 27.1 Å². The quantitative estimate of drug-likeness (QED) is 0.500. The summed E-state index contributed by atoms with van der Waals surface area (Å²) in [5, 5.41) is 8.33. The summed E-state index contributed by atoms with van der Waals surface area (Å²) in [5.41, 5.74) is 0. The highest BCUT2D eigenvalue weighted by molar-refractivity contribution is 7.81. The van der Waals surface area contributed by atoms with E-state index >= 15 is 0 Å². The largest absolute Gasteiger partial charge is 0.449 e. The number of aliphatic hydroxyl groups is 1. The van der Waals surface area contributed by atoms with Crippen LogP contribution in [0.1, 0.15) is 6.92 Å². The molecule has 10 heavy (non-hydrogen) atoms. The van der Waals surface area contributed by atoms with Gasteiger partial charge in [-0.2, -0.15) is 8.42 Å². The summed E-state index contributed by atoms with van der Waals surface area (Å²) in [7, 11) is -4.78. The van der Waals surface area contributed by atoms with Crippen LogP contribution in [0.3, 0.4) is 0 Å². The lowest BCUT2D eigenvalue weighted by Crippen LogP contribution is -2.22. The Kier molecular flexibility index (Phi) is 2.76. The van der Waals surface area contributed by atoms with Crippen LogP contribution in [0, 0.1) is 0 Å². The predicted octanol–water partition coefficient (Wildman–Crippen LogP) is -1.29. The van der Waals surface area contributed by atoms with Crippen molar-refractivity contribution in [2.24, 2.45) is 0 Å². The Morgan fingerprint density at radius 2 is 2.00 bits per heavy atom. The molecule has 60 valence electrons. The Morgan fingerprint density at radius 3 is 2.10 bits per heavy atom. The van der Waals surface area contributed by atoms with E-state index in [1.165, 1.54) is 0 Å². The Balaban J connectivity index is 4.07. The average molecular weight is 170 g/mol. The first-order valence-electron chi connectivity index (χ1n) is 2.22. The van der Waals surface area contributed by atoms with E-state index in [9.17, 15) is 13.2 Å². The van der Waals surface area contributed by atoms with E-state index in [4.69, 9.17) is 9.66 Å². The molecule has 0 unspecified atom stereocenters. The van der Waals surface area contributed by atoms with E-state index in [0.29, 0.717) is 0 Å². The summed E-state index contributed by atoms with van der Waals surface area (Å²) in [4.78, 5) is 10.1. The van der Waals surface area contributed by atoms with Gasteiger partial charge < -0.3 is 9.29 Å². The standard InChI is InChI=1S/C3H6O6S/c1-2(4)3(5)9-10(6,7)8/h2,4H,1H3,(H,6,7,8)/t2-/m1/s1. The maximum Gasteiger partial charge on any atom is 0.449 e. The molecule has 0 aliphatic carbocycles. The molecule has 6 nitrogen and oxygen atoms in total. The van der Waals surface area contributed by atoms with Crippen LogP contribution in [0.25, 0.3) is 0 Å². The van der Waals surface area contributed by atoms with E-state index in [-0.39, 0.29) is 0 Å². The number of aliphatic hydroxyl groups excluding tert-OH is 1. The van der Waals surface area contributed by atoms with Gasteiger partial charge in [0.15, 0.2) is 0 Å². The third-order valence-electron chi connectivity index (χ3n) is 0.529. The van der Waals surface area contributed by atoms with E-state index in [0.717, 1.165) is 6.92 Å². The normalized spacial score (nSPS) is 14.3. The van der Waals surface area contributed by atoms with Gasteiger partial charge in [-0.05, 0) is 6.92 Å². The number of carbonyl (C=O) groups is 1. The number of hydrogen-bond acceptors (Lipinski definition) is 5. The molecule has 0 radical (unpaired) electrons. The summed E-state index contributed by atoms with van der Waals surface area (Å²) in [6.45, 7) is 1.01. The van der Waals surface area contributed by atoms with E-state index in [1.807, 2.05) is 0 Å². The zero-order chi connectivity index (χ0) is 8.36. The maximum atomic E-state index is 10.1. The minimum atomic E-state index is -4.78. The van der Waals surface area contributed by atoms with Gasteiger partial charge in [-0.25, -0.2) is 4.79 Å². The van der Waals surface area contributed by atoms with Crippen LogP contribution in [0.15, 0.2) is 0 Å². The molecule has 0 aliphatic heterocycles. The fourth-order valence-electron chi connectivity index (χ4n) is 0.173. The number of hydrogen-bond donors (Lipinski definition) is 2. The summed E-state index contributed by atoms with van der Waals surface area (Å²) in [6, 6.07) is 0. The summed E-state index contributed by atoms with van der Waals surface area (Å²) in [6.07, 6.45) is -1.57. The first-order chi connectivity index (χ1) is 4.33. The van der Waals surface area contributed by atoms with Gasteiger partial charge >= 0.3 is 16.4 Å². The minimum Gasteiger partial charge on any atom is -0.382 e. The summed E-state index contributed by atoms with van der Waals surface area (Å²) >= 11 is 0. The third kappa shape index (κ3) is 4.24. The number of carbonyl (C=O) groups excluding carboxylic acids is 1. The van der Waals surface area contributed by atoms with Crippen molar-refractivity contribution >= 4 is 16.4 Å². The highest BCUT2D eigenvalue weighted by atomic mass is 32.3. The molecule has 0 bridgehead atoms. The van der Waals surface area contributed by atoms with Gasteiger partial charge in [0.05, 0.1) is 0 Å². The molecular formula is C3H6O6S. The van der Waals surface area contributed by atoms with Crippen molar-refractivity contribution in [3.63, 3.8) is 0 Å². The molecule has 0 heterocycles. The second-order valence-corrected chi connectivity index (χ2v) is 2.53. The molecule has 0 aliphatic rings. The Morgan fingerprint density at radius 1 is 1.60 bits per heavy atom. The van der Waals surface area contributed by atoms with Crippen LogP contribution >= 0.6 is 0 Å². The second kappa shape index (κ2) is 2.95. The van der Waals surface area contributed by atoms with Crippen LogP contribution in [0.4, 0.5) is 0 Å². The summed E-state index contributed by atoms with van der Waals surface area (Å²) < 4.78 is 30.7. The zero-order valence-corrected chi connectivity index (χ0v) is 5.83. The number of rotatable bonds is 2. The van der Waals surface area contributed by atoms with E-state index in [2.05, 4.69) is 4.18 Å². The lowest BCUT2D eigenvalue weighted by molar-refractivity contribution is -0.142. The molecule has 0 fully saturated rings. The maximum absolute atomic E-state index is 10.1. The van der Waals surface area contributed by atoms with Crippen molar-refractivity contribution in [2.75, 3.05) is 0 Å². The topological polar surface area (TPSA) is 101 Å². The van der Waals surface area contributed by atoms with Gasteiger partial charge in [-0.15, -0.1) is 0 Å². The molecule has 0 saturated heterocycles. The molecule has 0 spiro atoms. The molecule has 0 aromatic rings. The van der Waals surface area contributed by atoms with E-state index < -0.39 is 22.5 Å². The van der Waals surface area contributed by atoms with Crippen LogP contribution in [0.5, 0.6) is 0 Å². The second-order valence-electron chi connectivity index (χ2n) is 1.51. The van der Waals surface area contributed by atoms with Crippen molar-refractivity contribution in [3.8, 4) is 0 Å². The zero-order valence-electron chi connectivity index (χ0n) is 5.01. The van der Waals surface area contributed by atoms with Gasteiger partial charge in [0.2, 0.25) is 0 Å². The molecular weight excluding hydrogens is 164 g/mol. The Labute approximate surface area is 57.4 Å².